The van der Waals surface area contributed by atoms with Crippen LogP contribution in [0.4, 0.5) is 0 Å². The summed E-state index contributed by atoms with van der Waals surface area (Å²) in [7, 11) is -3.45. The monoisotopic (exact) mass is 369 g/mol. The number of halogens is 1. The maximum Gasteiger partial charge on any atom is 0.242 e. The standard InChI is InChI=1S/C16H20BrNO2S/c17-14-3-1-2-4-15(14)21(19,20)18-16-8-11-5-12(9-16)7-13(6-11)10-16/h1-4,11-13,18H,5-10H2. The number of nitrogens with one attached hydrogen (secondary N) is 1. The Kier molecular flexibility index (Phi) is 3.25. The van der Waals surface area contributed by atoms with Crippen molar-refractivity contribution in [1.82, 2.24) is 4.72 Å². The Morgan fingerprint density at radius 2 is 1.52 bits per heavy atom. The average Bonchev–Trinajstić information content (AvgIpc) is 2.35. The van der Waals surface area contributed by atoms with Crippen LogP contribution in [-0.4, -0.2) is 14.0 Å². The lowest BCUT2D eigenvalue weighted by molar-refractivity contribution is -0.00810. The van der Waals surface area contributed by atoms with Gasteiger partial charge in [-0.2, -0.15) is 0 Å². The van der Waals surface area contributed by atoms with Crippen molar-refractivity contribution >= 4 is 26.0 Å². The number of hydrogen-bond acceptors (Lipinski definition) is 2. The molecule has 114 valence electrons. The number of rotatable bonds is 3. The number of hydrogen-bond donors (Lipinski definition) is 1. The van der Waals surface area contributed by atoms with Gasteiger partial charge in [0.05, 0.1) is 4.90 Å². The molecule has 4 aliphatic rings. The van der Waals surface area contributed by atoms with Gasteiger partial charge in [0.25, 0.3) is 0 Å². The zero-order valence-corrected chi connectivity index (χ0v) is 14.3. The molecular weight excluding hydrogens is 350 g/mol. The SMILES string of the molecule is O=S(=O)(NC12CC3CC(CC(C3)C1)C2)c1ccccc1Br. The molecule has 3 nitrogen and oxygen atoms in total. The van der Waals surface area contributed by atoms with Crippen LogP contribution in [0.25, 0.3) is 0 Å². The molecule has 0 atom stereocenters. The third-order valence-corrected chi connectivity index (χ3v) is 8.11. The first-order valence-corrected chi connectivity index (χ1v) is 10.0. The fourth-order valence-corrected chi connectivity index (χ4v) is 7.67. The van der Waals surface area contributed by atoms with E-state index in [1.807, 2.05) is 6.07 Å². The van der Waals surface area contributed by atoms with Gasteiger partial charge in [-0.05, 0) is 84.3 Å². The third-order valence-electron chi connectivity index (χ3n) is 5.52. The van der Waals surface area contributed by atoms with Crippen LogP contribution in [-0.2, 0) is 10.0 Å². The van der Waals surface area contributed by atoms with Crippen LogP contribution in [0.3, 0.4) is 0 Å². The van der Waals surface area contributed by atoms with Crippen LogP contribution < -0.4 is 4.72 Å². The molecule has 0 saturated heterocycles. The normalized spacial score (nSPS) is 37.9. The van der Waals surface area contributed by atoms with Crippen molar-refractivity contribution in [3.63, 3.8) is 0 Å². The fraction of sp³-hybridized carbons (Fsp3) is 0.625. The summed E-state index contributed by atoms with van der Waals surface area (Å²) in [4.78, 5) is 0.362. The van der Waals surface area contributed by atoms with Crippen LogP contribution in [0.2, 0.25) is 0 Å². The van der Waals surface area contributed by atoms with E-state index in [2.05, 4.69) is 20.7 Å². The molecule has 5 rings (SSSR count). The lowest BCUT2D eigenvalue weighted by Gasteiger charge is -2.56. The highest BCUT2D eigenvalue weighted by Gasteiger charge is 2.52. The Morgan fingerprint density at radius 1 is 1.00 bits per heavy atom. The summed E-state index contributed by atoms with van der Waals surface area (Å²) in [6, 6.07) is 7.08. The molecule has 1 N–H and O–H groups in total. The van der Waals surface area contributed by atoms with Crippen LogP contribution >= 0.6 is 15.9 Å². The van der Waals surface area contributed by atoms with E-state index in [0.717, 1.165) is 37.0 Å². The molecule has 4 saturated carbocycles. The van der Waals surface area contributed by atoms with Gasteiger partial charge in [-0.1, -0.05) is 12.1 Å². The van der Waals surface area contributed by atoms with Gasteiger partial charge in [0.2, 0.25) is 10.0 Å². The van der Waals surface area contributed by atoms with Crippen LogP contribution in [0.5, 0.6) is 0 Å². The Balaban J connectivity index is 1.65. The smallest absolute Gasteiger partial charge is 0.207 e. The molecule has 0 aliphatic heterocycles. The molecule has 0 aromatic heterocycles. The molecule has 0 unspecified atom stereocenters. The van der Waals surface area contributed by atoms with E-state index in [1.165, 1.54) is 19.3 Å². The van der Waals surface area contributed by atoms with Gasteiger partial charge in [0.1, 0.15) is 0 Å². The molecule has 1 aromatic carbocycles. The first-order valence-electron chi connectivity index (χ1n) is 7.74. The van der Waals surface area contributed by atoms with Gasteiger partial charge in [0.15, 0.2) is 0 Å². The minimum absolute atomic E-state index is 0.178. The molecule has 1 aromatic rings. The van der Waals surface area contributed by atoms with Gasteiger partial charge in [-0.3, -0.25) is 0 Å². The molecule has 5 heteroatoms. The van der Waals surface area contributed by atoms with E-state index in [-0.39, 0.29) is 5.54 Å². The molecular formula is C16H20BrNO2S. The maximum atomic E-state index is 12.8. The number of benzene rings is 1. The molecule has 21 heavy (non-hydrogen) atoms. The highest BCUT2D eigenvalue weighted by molar-refractivity contribution is 9.10. The van der Waals surface area contributed by atoms with Crippen molar-refractivity contribution in [2.45, 2.75) is 49.0 Å². The van der Waals surface area contributed by atoms with Crippen molar-refractivity contribution in [2.75, 3.05) is 0 Å². The molecule has 4 bridgehead atoms. The minimum atomic E-state index is -3.45. The summed E-state index contributed by atoms with van der Waals surface area (Å²) < 4.78 is 29.3. The second-order valence-corrected chi connectivity index (χ2v) is 9.74. The van der Waals surface area contributed by atoms with Gasteiger partial charge < -0.3 is 0 Å². The van der Waals surface area contributed by atoms with Crippen molar-refractivity contribution in [3.05, 3.63) is 28.7 Å². The predicted molar refractivity (Wildman–Crippen MR) is 85.4 cm³/mol. The van der Waals surface area contributed by atoms with E-state index in [9.17, 15) is 8.42 Å². The summed E-state index contributed by atoms with van der Waals surface area (Å²) in [6.45, 7) is 0. The Hall–Kier alpha value is -0.390. The van der Waals surface area contributed by atoms with E-state index in [4.69, 9.17) is 0 Å². The Labute approximate surface area is 134 Å². The predicted octanol–water partition coefficient (Wildman–Crippen LogP) is 3.70. The van der Waals surface area contributed by atoms with E-state index in [0.29, 0.717) is 9.37 Å². The first kappa shape index (κ1) is 14.2. The summed E-state index contributed by atoms with van der Waals surface area (Å²) in [5, 5.41) is 0. The van der Waals surface area contributed by atoms with E-state index in [1.54, 1.807) is 18.2 Å². The Bertz CT molecular complexity index is 635. The molecule has 4 fully saturated rings. The van der Waals surface area contributed by atoms with Crippen molar-refractivity contribution in [1.29, 1.82) is 0 Å². The highest BCUT2D eigenvalue weighted by atomic mass is 79.9. The Morgan fingerprint density at radius 3 is 2.05 bits per heavy atom. The minimum Gasteiger partial charge on any atom is -0.207 e. The zero-order chi connectivity index (χ0) is 14.7. The second-order valence-electron chi connectivity index (χ2n) is 7.23. The van der Waals surface area contributed by atoms with Gasteiger partial charge >= 0.3 is 0 Å². The van der Waals surface area contributed by atoms with Crippen LogP contribution in [0, 0.1) is 17.8 Å². The molecule has 0 spiro atoms. The van der Waals surface area contributed by atoms with Gasteiger partial charge in [-0.15, -0.1) is 0 Å². The lowest BCUT2D eigenvalue weighted by Crippen LogP contribution is -2.59. The van der Waals surface area contributed by atoms with Crippen molar-refractivity contribution in [3.8, 4) is 0 Å². The molecule has 4 aliphatic carbocycles. The lowest BCUT2D eigenvalue weighted by atomic mass is 9.53. The highest BCUT2D eigenvalue weighted by Crippen LogP contribution is 2.56. The summed E-state index contributed by atoms with van der Waals surface area (Å²) in [5.74, 6) is 2.20. The summed E-state index contributed by atoms with van der Waals surface area (Å²) in [6.07, 6.45) is 7.04. The van der Waals surface area contributed by atoms with Gasteiger partial charge in [0, 0.05) is 10.0 Å². The molecule has 0 heterocycles. The zero-order valence-electron chi connectivity index (χ0n) is 11.9. The second kappa shape index (κ2) is 4.80. The number of sulfonamides is 1. The first-order chi connectivity index (χ1) is 9.96. The topological polar surface area (TPSA) is 46.2 Å². The van der Waals surface area contributed by atoms with E-state index < -0.39 is 10.0 Å². The average molecular weight is 370 g/mol. The molecule has 0 amide bonds. The third kappa shape index (κ3) is 2.47. The van der Waals surface area contributed by atoms with Crippen molar-refractivity contribution < 1.29 is 8.42 Å². The van der Waals surface area contributed by atoms with E-state index >= 15 is 0 Å². The molecule has 0 radical (unpaired) electrons. The van der Waals surface area contributed by atoms with Crippen molar-refractivity contribution in [2.24, 2.45) is 17.8 Å². The van der Waals surface area contributed by atoms with Gasteiger partial charge in [-0.25, -0.2) is 13.1 Å². The summed E-state index contributed by atoms with van der Waals surface area (Å²) >= 11 is 3.36. The summed E-state index contributed by atoms with van der Waals surface area (Å²) in [5.41, 5.74) is -0.178. The largest absolute Gasteiger partial charge is 0.242 e. The fourth-order valence-electron chi connectivity index (χ4n) is 5.24. The quantitative estimate of drug-likeness (QED) is 0.882. The maximum absolute atomic E-state index is 12.8. The van der Waals surface area contributed by atoms with Crippen LogP contribution in [0.15, 0.2) is 33.6 Å². The van der Waals surface area contributed by atoms with Crippen LogP contribution in [0.1, 0.15) is 38.5 Å².